The molecule has 0 amide bonds. The molecule has 124 valence electrons. The van der Waals surface area contributed by atoms with Gasteiger partial charge in [0.05, 0.1) is 18.1 Å². The standard InChI is InChI=1S/C19H22N4O/c1-21-18-6-4-3-5-17(18)20-19(21)23-13-11-22(12-14-23)15-7-9-16(24-2)10-8-15/h3-10H,11-14H2,1-2H3. The van der Waals surface area contributed by atoms with Crippen LogP contribution < -0.4 is 14.5 Å². The lowest BCUT2D eigenvalue weighted by Gasteiger charge is -2.36. The van der Waals surface area contributed by atoms with Gasteiger partial charge in [-0.15, -0.1) is 0 Å². The van der Waals surface area contributed by atoms with Crippen molar-refractivity contribution in [2.24, 2.45) is 7.05 Å². The van der Waals surface area contributed by atoms with Crippen LogP contribution in [-0.2, 0) is 7.05 Å². The van der Waals surface area contributed by atoms with Crippen molar-refractivity contribution in [3.05, 3.63) is 48.5 Å². The molecule has 1 aromatic heterocycles. The lowest BCUT2D eigenvalue weighted by Crippen LogP contribution is -2.47. The van der Waals surface area contributed by atoms with Crippen LogP contribution in [0.4, 0.5) is 11.6 Å². The van der Waals surface area contributed by atoms with Crippen molar-refractivity contribution in [3.8, 4) is 5.75 Å². The van der Waals surface area contributed by atoms with Crippen LogP contribution in [0.5, 0.6) is 5.75 Å². The Morgan fingerprint density at radius 3 is 2.21 bits per heavy atom. The molecule has 0 radical (unpaired) electrons. The Balaban J connectivity index is 1.49. The minimum absolute atomic E-state index is 0.900. The quantitative estimate of drug-likeness (QED) is 0.742. The van der Waals surface area contributed by atoms with Gasteiger partial charge in [-0.05, 0) is 36.4 Å². The van der Waals surface area contributed by atoms with Crippen molar-refractivity contribution in [1.82, 2.24) is 9.55 Å². The van der Waals surface area contributed by atoms with E-state index in [-0.39, 0.29) is 0 Å². The average molecular weight is 322 g/mol. The fourth-order valence-corrected chi connectivity index (χ4v) is 3.37. The summed E-state index contributed by atoms with van der Waals surface area (Å²) in [7, 11) is 3.80. The van der Waals surface area contributed by atoms with Gasteiger partial charge in [0, 0.05) is 38.9 Å². The van der Waals surface area contributed by atoms with E-state index in [0.29, 0.717) is 0 Å². The number of imidazole rings is 1. The number of aryl methyl sites for hydroxylation is 1. The van der Waals surface area contributed by atoms with Crippen molar-refractivity contribution in [3.63, 3.8) is 0 Å². The van der Waals surface area contributed by atoms with Gasteiger partial charge in [0.2, 0.25) is 5.95 Å². The van der Waals surface area contributed by atoms with Gasteiger partial charge in [-0.2, -0.15) is 0 Å². The second kappa shape index (κ2) is 6.07. The minimum atomic E-state index is 0.900. The third kappa shape index (κ3) is 2.56. The normalized spacial score (nSPS) is 15.1. The zero-order valence-corrected chi connectivity index (χ0v) is 14.1. The summed E-state index contributed by atoms with van der Waals surface area (Å²) in [5.41, 5.74) is 3.50. The Kier molecular flexibility index (Phi) is 3.76. The van der Waals surface area contributed by atoms with E-state index in [1.165, 1.54) is 11.2 Å². The number of ether oxygens (including phenoxy) is 1. The maximum absolute atomic E-state index is 5.24. The molecule has 0 atom stereocenters. The van der Waals surface area contributed by atoms with E-state index < -0.39 is 0 Å². The first-order valence-corrected chi connectivity index (χ1v) is 8.31. The topological polar surface area (TPSA) is 33.5 Å². The highest BCUT2D eigenvalue weighted by Gasteiger charge is 2.21. The van der Waals surface area contributed by atoms with Gasteiger partial charge >= 0.3 is 0 Å². The van der Waals surface area contributed by atoms with Crippen molar-refractivity contribution >= 4 is 22.7 Å². The van der Waals surface area contributed by atoms with Crippen molar-refractivity contribution in [2.45, 2.75) is 0 Å². The second-order valence-electron chi connectivity index (χ2n) is 6.13. The van der Waals surface area contributed by atoms with Gasteiger partial charge in [-0.1, -0.05) is 12.1 Å². The van der Waals surface area contributed by atoms with Crippen LogP contribution in [0.1, 0.15) is 0 Å². The molecular formula is C19H22N4O. The first-order valence-electron chi connectivity index (χ1n) is 8.31. The first kappa shape index (κ1) is 14.9. The summed E-state index contributed by atoms with van der Waals surface area (Å²) >= 11 is 0. The smallest absolute Gasteiger partial charge is 0.206 e. The molecule has 2 aromatic carbocycles. The Morgan fingerprint density at radius 1 is 0.875 bits per heavy atom. The molecule has 0 unspecified atom stereocenters. The molecule has 2 heterocycles. The molecule has 4 rings (SSSR count). The Bertz CT molecular complexity index is 832. The molecule has 0 N–H and O–H groups in total. The van der Waals surface area contributed by atoms with E-state index in [1.807, 2.05) is 18.2 Å². The summed E-state index contributed by atoms with van der Waals surface area (Å²) in [5.74, 6) is 1.96. The van der Waals surface area contributed by atoms with Gasteiger partial charge in [0.15, 0.2) is 0 Å². The number of hydrogen-bond donors (Lipinski definition) is 0. The lowest BCUT2D eigenvalue weighted by atomic mass is 10.2. The molecule has 1 aliphatic rings. The fourth-order valence-electron chi connectivity index (χ4n) is 3.37. The number of benzene rings is 2. The van der Waals surface area contributed by atoms with Crippen LogP contribution in [0.3, 0.4) is 0 Å². The second-order valence-corrected chi connectivity index (χ2v) is 6.13. The van der Waals surface area contributed by atoms with Gasteiger partial charge in [-0.3, -0.25) is 0 Å². The van der Waals surface area contributed by atoms with Crippen molar-refractivity contribution in [1.29, 1.82) is 0 Å². The van der Waals surface area contributed by atoms with Gasteiger partial charge < -0.3 is 19.1 Å². The third-order valence-electron chi connectivity index (χ3n) is 4.76. The fraction of sp³-hybridized carbons (Fsp3) is 0.316. The SMILES string of the molecule is COc1ccc(N2CCN(c3nc4ccccc4n3C)CC2)cc1. The van der Waals surface area contributed by atoms with Gasteiger partial charge in [0.25, 0.3) is 0 Å². The predicted molar refractivity (Wildman–Crippen MR) is 98.1 cm³/mol. The monoisotopic (exact) mass is 322 g/mol. The molecule has 24 heavy (non-hydrogen) atoms. The molecule has 0 bridgehead atoms. The lowest BCUT2D eigenvalue weighted by molar-refractivity contribution is 0.415. The molecule has 0 aliphatic carbocycles. The van der Waals surface area contributed by atoms with E-state index in [2.05, 4.69) is 51.7 Å². The van der Waals surface area contributed by atoms with E-state index in [4.69, 9.17) is 9.72 Å². The highest BCUT2D eigenvalue weighted by molar-refractivity contribution is 5.78. The molecule has 1 aliphatic heterocycles. The van der Waals surface area contributed by atoms with Gasteiger partial charge in [-0.25, -0.2) is 4.98 Å². The van der Waals surface area contributed by atoms with Crippen LogP contribution in [-0.4, -0.2) is 42.8 Å². The first-order chi connectivity index (χ1) is 11.8. The molecule has 3 aromatic rings. The zero-order chi connectivity index (χ0) is 16.5. The number of methoxy groups -OCH3 is 1. The van der Waals surface area contributed by atoms with Gasteiger partial charge in [0.1, 0.15) is 5.75 Å². The summed E-state index contributed by atoms with van der Waals surface area (Å²) in [6, 6.07) is 16.6. The predicted octanol–water partition coefficient (Wildman–Crippen LogP) is 2.91. The molecule has 1 fully saturated rings. The number of para-hydroxylation sites is 2. The molecule has 0 spiro atoms. The number of piperazine rings is 1. The minimum Gasteiger partial charge on any atom is -0.497 e. The van der Waals surface area contributed by atoms with Crippen LogP contribution in [0.2, 0.25) is 0 Å². The number of rotatable bonds is 3. The number of aromatic nitrogens is 2. The van der Waals surface area contributed by atoms with Crippen LogP contribution in [0, 0.1) is 0 Å². The number of fused-ring (bicyclic) bond motifs is 1. The zero-order valence-electron chi connectivity index (χ0n) is 14.1. The molecular weight excluding hydrogens is 300 g/mol. The van der Waals surface area contributed by atoms with Crippen molar-refractivity contribution in [2.75, 3.05) is 43.1 Å². The Labute approximate surface area is 142 Å². The largest absolute Gasteiger partial charge is 0.497 e. The summed E-state index contributed by atoms with van der Waals surface area (Å²) in [6.07, 6.45) is 0. The number of hydrogen-bond acceptors (Lipinski definition) is 4. The van der Waals surface area contributed by atoms with Crippen LogP contribution >= 0.6 is 0 Å². The highest BCUT2D eigenvalue weighted by atomic mass is 16.5. The summed E-state index contributed by atoms with van der Waals surface area (Å²) in [4.78, 5) is 9.60. The summed E-state index contributed by atoms with van der Waals surface area (Å²) in [6.45, 7) is 3.94. The highest BCUT2D eigenvalue weighted by Crippen LogP contribution is 2.24. The van der Waals surface area contributed by atoms with E-state index in [0.717, 1.165) is 43.4 Å². The number of nitrogens with zero attached hydrogens (tertiary/aromatic N) is 4. The molecule has 0 saturated carbocycles. The summed E-state index contributed by atoms with van der Waals surface area (Å²) in [5, 5.41) is 0. The van der Waals surface area contributed by atoms with E-state index in [9.17, 15) is 0 Å². The van der Waals surface area contributed by atoms with Crippen molar-refractivity contribution < 1.29 is 4.74 Å². The van der Waals surface area contributed by atoms with Crippen LogP contribution in [0.15, 0.2) is 48.5 Å². The number of anilines is 2. The Morgan fingerprint density at radius 2 is 1.54 bits per heavy atom. The maximum Gasteiger partial charge on any atom is 0.206 e. The molecule has 1 saturated heterocycles. The maximum atomic E-state index is 5.24. The van der Waals surface area contributed by atoms with Crippen LogP contribution in [0.25, 0.3) is 11.0 Å². The average Bonchev–Trinajstić information content (AvgIpc) is 2.99. The third-order valence-corrected chi connectivity index (χ3v) is 4.76. The molecule has 5 heteroatoms. The summed E-state index contributed by atoms with van der Waals surface area (Å²) < 4.78 is 7.43. The van der Waals surface area contributed by atoms with E-state index in [1.54, 1.807) is 7.11 Å². The Hall–Kier alpha value is -2.69. The molecule has 5 nitrogen and oxygen atoms in total. The van der Waals surface area contributed by atoms with E-state index >= 15 is 0 Å².